The molecule has 1 aromatic carbocycles. The maximum Gasteiger partial charge on any atom is 0.126 e. The molecule has 0 amide bonds. The largest absolute Gasteiger partial charge is 0.358 e. The number of hydrogen-bond donors (Lipinski definition) is 1. The third-order valence-corrected chi connectivity index (χ3v) is 2.63. The van der Waals surface area contributed by atoms with Gasteiger partial charge in [0.2, 0.25) is 0 Å². The molecule has 1 aliphatic heterocycles. The fourth-order valence-electron chi connectivity index (χ4n) is 1.95. The van der Waals surface area contributed by atoms with Gasteiger partial charge in [-0.2, -0.15) is 0 Å². The highest BCUT2D eigenvalue weighted by Crippen LogP contribution is 2.14. The number of nitrogens with zero attached hydrogens (tertiary/aromatic N) is 1. The van der Waals surface area contributed by atoms with E-state index < -0.39 is 5.72 Å². The lowest BCUT2D eigenvalue weighted by Gasteiger charge is -2.37. The van der Waals surface area contributed by atoms with Crippen LogP contribution in [-0.4, -0.2) is 30.3 Å². The Bertz CT molecular complexity index is 311. The van der Waals surface area contributed by atoms with Crippen LogP contribution in [0.4, 0.5) is 0 Å². The standard InChI is InChI=1S/C12H18N2O/c1-12(13)10-14(7-8-15-12)9-11-5-3-2-4-6-11/h2-6H,7-10,13H2,1H3. The van der Waals surface area contributed by atoms with Gasteiger partial charge in [-0.25, -0.2) is 0 Å². The van der Waals surface area contributed by atoms with Crippen LogP contribution in [-0.2, 0) is 11.3 Å². The van der Waals surface area contributed by atoms with Crippen molar-refractivity contribution < 1.29 is 4.74 Å². The summed E-state index contributed by atoms with van der Waals surface area (Å²) in [6, 6.07) is 10.5. The Balaban J connectivity index is 1.95. The van der Waals surface area contributed by atoms with Gasteiger partial charge in [0.1, 0.15) is 5.72 Å². The fourth-order valence-corrected chi connectivity index (χ4v) is 1.95. The van der Waals surface area contributed by atoms with E-state index in [-0.39, 0.29) is 0 Å². The Morgan fingerprint density at radius 3 is 2.80 bits per heavy atom. The number of rotatable bonds is 2. The molecule has 3 nitrogen and oxygen atoms in total. The molecule has 15 heavy (non-hydrogen) atoms. The zero-order chi connectivity index (χ0) is 10.7. The third-order valence-electron chi connectivity index (χ3n) is 2.63. The molecular formula is C12H18N2O. The van der Waals surface area contributed by atoms with Crippen LogP contribution < -0.4 is 5.73 Å². The highest BCUT2D eigenvalue weighted by molar-refractivity contribution is 5.14. The van der Waals surface area contributed by atoms with Crippen molar-refractivity contribution in [2.45, 2.75) is 19.2 Å². The van der Waals surface area contributed by atoms with Crippen molar-refractivity contribution in [2.75, 3.05) is 19.7 Å². The first kappa shape index (κ1) is 10.6. The van der Waals surface area contributed by atoms with Gasteiger partial charge in [-0.3, -0.25) is 4.90 Å². The molecule has 3 heteroatoms. The van der Waals surface area contributed by atoms with Crippen molar-refractivity contribution in [1.29, 1.82) is 0 Å². The predicted molar refractivity (Wildman–Crippen MR) is 60.3 cm³/mol. The molecule has 0 spiro atoms. The van der Waals surface area contributed by atoms with Crippen LogP contribution in [0.15, 0.2) is 30.3 Å². The van der Waals surface area contributed by atoms with E-state index in [2.05, 4.69) is 29.2 Å². The zero-order valence-electron chi connectivity index (χ0n) is 9.15. The lowest BCUT2D eigenvalue weighted by Crippen LogP contribution is -2.55. The summed E-state index contributed by atoms with van der Waals surface area (Å²) in [5.41, 5.74) is 6.79. The number of benzene rings is 1. The molecule has 0 saturated carbocycles. The van der Waals surface area contributed by atoms with Crippen molar-refractivity contribution in [2.24, 2.45) is 5.73 Å². The molecule has 82 valence electrons. The minimum absolute atomic E-state index is 0.493. The summed E-state index contributed by atoms with van der Waals surface area (Å²) < 4.78 is 5.47. The molecule has 1 atom stereocenters. The number of nitrogens with two attached hydrogens (primary N) is 1. The van der Waals surface area contributed by atoms with Crippen LogP contribution >= 0.6 is 0 Å². The highest BCUT2D eigenvalue weighted by Gasteiger charge is 2.27. The van der Waals surface area contributed by atoms with E-state index in [0.717, 1.165) is 26.2 Å². The van der Waals surface area contributed by atoms with Crippen LogP contribution in [0.1, 0.15) is 12.5 Å². The van der Waals surface area contributed by atoms with Crippen LogP contribution in [0.25, 0.3) is 0 Å². The molecule has 1 fully saturated rings. The first-order chi connectivity index (χ1) is 7.16. The van der Waals surface area contributed by atoms with Crippen molar-refractivity contribution in [3.05, 3.63) is 35.9 Å². The SMILES string of the molecule is CC1(N)CN(Cc2ccccc2)CCO1. The number of ether oxygens (including phenoxy) is 1. The first-order valence-electron chi connectivity index (χ1n) is 5.35. The lowest BCUT2D eigenvalue weighted by atomic mass is 10.1. The van der Waals surface area contributed by atoms with Gasteiger partial charge in [0.05, 0.1) is 6.61 Å². The van der Waals surface area contributed by atoms with Crippen molar-refractivity contribution in [3.8, 4) is 0 Å². The normalized spacial score (nSPS) is 27.9. The van der Waals surface area contributed by atoms with E-state index in [1.807, 2.05) is 13.0 Å². The highest BCUT2D eigenvalue weighted by atomic mass is 16.5. The van der Waals surface area contributed by atoms with Crippen LogP contribution in [0.2, 0.25) is 0 Å². The van der Waals surface area contributed by atoms with Crippen LogP contribution in [0.5, 0.6) is 0 Å². The minimum Gasteiger partial charge on any atom is -0.358 e. The quantitative estimate of drug-likeness (QED) is 0.790. The monoisotopic (exact) mass is 206 g/mol. The van der Waals surface area contributed by atoms with Gasteiger partial charge in [0.15, 0.2) is 0 Å². The summed E-state index contributed by atoms with van der Waals surface area (Å²) >= 11 is 0. The van der Waals surface area contributed by atoms with Gasteiger partial charge in [-0.1, -0.05) is 30.3 Å². The maximum absolute atomic E-state index is 5.96. The molecule has 0 bridgehead atoms. The topological polar surface area (TPSA) is 38.5 Å². The Labute approximate surface area is 90.8 Å². The summed E-state index contributed by atoms with van der Waals surface area (Å²) in [6.07, 6.45) is 0. The Hall–Kier alpha value is -0.900. The van der Waals surface area contributed by atoms with Gasteiger partial charge in [-0.15, -0.1) is 0 Å². The summed E-state index contributed by atoms with van der Waals surface area (Å²) in [5.74, 6) is 0. The van der Waals surface area contributed by atoms with E-state index in [4.69, 9.17) is 10.5 Å². The van der Waals surface area contributed by atoms with Crippen LogP contribution in [0, 0.1) is 0 Å². The van der Waals surface area contributed by atoms with Gasteiger partial charge in [0, 0.05) is 19.6 Å². The third kappa shape index (κ3) is 3.02. The molecule has 0 radical (unpaired) electrons. The lowest BCUT2D eigenvalue weighted by molar-refractivity contribution is -0.0959. The molecule has 1 aliphatic rings. The van der Waals surface area contributed by atoms with Gasteiger partial charge in [-0.05, 0) is 12.5 Å². The summed E-state index contributed by atoms with van der Waals surface area (Å²) in [4.78, 5) is 2.33. The molecule has 0 aliphatic carbocycles. The predicted octanol–water partition coefficient (Wildman–Crippen LogP) is 1.19. The summed E-state index contributed by atoms with van der Waals surface area (Å²) in [7, 11) is 0. The Kier molecular flexibility index (Phi) is 3.05. The number of morpholine rings is 1. The average molecular weight is 206 g/mol. The first-order valence-corrected chi connectivity index (χ1v) is 5.35. The molecule has 1 aromatic rings. The maximum atomic E-state index is 5.96. The molecule has 0 aromatic heterocycles. The van der Waals surface area contributed by atoms with Crippen molar-refractivity contribution >= 4 is 0 Å². The van der Waals surface area contributed by atoms with E-state index in [9.17, 15) is 0 Å². The second-order valence-corrected chi connectivity index (χ2v) is 4.36. The van der Waals surface area contributed by atoms with E-state index in [1.165, 1.54) is 5.56 Å². The van der Waals surface area contributed by atoms with Crippen molar-refractivity contribution in [3.63, 3.8) is 0 Å². The molecular weight excluding hydrogens is 188 g/mol. The Morgan fingerprint density at radius 2 is 2.13 bits per heavy atom. The number of hydrogen-bond acceptors (Lipinski definition) is 3. The fraction of sp³-hybridized carbons (Fsp3) is 0.500. The minimum atomic E-state index is -0.493. The van der Waals surface area contributed by atoms with Gasteiger partial charge in [0.25, 0.3) is 0 Å². The van der Waals surface area contributed by atoms with Crippen molar-refractivity contribution in [1.82, 2.24) is 4.90 Å². The van der Waals surface area contributed by atoms with Gasteiger partial charge >= 0.3 is 0 Å². The average Bonchev–Trinajstić information content (AvgIpc) is 2.17. The second-order valence-electron chi connectivity index (χ2n) is 4.36. The summed E-state index contributed by atoms with van der Waals surface area (Å²) in [6.45, 7) is 5.37. The Morgan fingerprint density at radius 1 is 1.40 bits per heavy atom. The zero-order valence-corrected chi connectivity index (χ0v) is 9.15. The molecule has 2 rings (SSSR count). The smallest absolute Gasteiger partial charge is 0.126 e. The molecule has 1 heterocycles. The van der Waals surface area contributed by atoms with Gasteiger partial charge < -0.3 is 10.5 Å². The van der Waals surface area contributed by atoms with E-state index in [1.54, 1.807) is 0 Å². The summed E-state index contributed by atoms with van der Waals surface area (Å²) in [5, 5.41) is 0. The van der Waals surface area contributed by atoms with E-state index >= 15 is 0 Å². The van der Waals surface area contributed by atoms with Crippen LogP contribution in [0.3, 0.4) is 0 Å². The molecule has 1 saturated heterocycles. The van der Waals surface area contributed by atoms with E-state index in [0.29, 0.717) is 0 Å². The second kappa shape index (κ2) is 4.31. The molecule has 1 unspecified atom stereocenters. The molecule has 2 N–H and O–H groups in total.